The number of nitrogens with one attached hydrogen (secondary N) is 1. The molecule has 3 heteroatoms. The maximum atomic E-state index is 12.0. The average Bonchev–Trinajstić information content (AvgIpc) is 2.67. The van der Waals surface area contributed by atoms with Crippen molar-refractivity contribution in [1.82, 2.24) is 5.43 Å². The van der Waals surface area contributed by atoms with Crippen LogP contribution in [0.4, 0.5) is 0 Å². The van der Waals surface area contributed by atoms with Crippen LogP contribution in [0.3, 0.4) is 0 Å². The molecule has 1 aromatic rings. The van der Waals surface area contributed by atoms with Crippen molar-refractivity contribution in [2.24, 2.45) is 11.0 Å². The minimum atomic E-state index is 0.0956. The van der Waals surface area contributed by atoms with Crippen LogP contribution in [0, 0.1) is 5.92 Å². The molecular formula is C21H30N2O. The molecule has 0 atom stereocenters. The van der Waals surface area contributed by atoms with E-state index in [0.717, 1.165) is 43.7 Å². The summed E-state index contributed by atoms with van der Waals surface area (Å²) in [6.07, 6.45) is 12.6. The molecule has 0 bridgehead atoms. The van der Waals surface area contributed by atoms with E-state index in [9.17, 15) is 4.79 Å². The number of rotatable bonds is 5. The highest BCUT2D eigenvalue weighted by molar-refractivity contribution is 5.87. The average molecular weight is 326 g/mol. The molecule has 0 aromatic heterocycles. The van der Waals surface area contributed by atoms with Crippen LogP contribution < -0.4 is 5.43 Å². The Morgan fingerprint density at radius 3 is 2.42 bits per heavy atom. The van der Waals surface area contributed by atoms with Gasteiger partial charge in [-0.25, -0.2) is 5.43 Å². The lowest BCUT2D eigenvalue weighted by Gasteiger charge is -2.23. The van der Waals surface area contributed by atoms with Gasteiger partial charge in [0.1, 0.15) is 0 Å². The zero-order chi connectivity index (χ0) is 16.6. The summed E-state index contributed by atoms with van der Waals surface area (Å²) in [5, 5.41) is 4.39. The maximum Gasteiger partial charge on any atom is 0.240 e. The van der Waals surface area contributed by atoms with Crippen molar-refractivity contribution < 1.29 is 4.79 Å². The molecule has 1 amide bonds. The van der Waals surface area contributed by atoms with Crippen LogP contribution in [0.5, 0.6) is 0 Å². The third kappa shape index (κ3) is 5.19. The van der Waals surface area contributed by atoms with Crippen LogP contribution in [0.2, 0.25) is 0 Å². The monoisotopic (exact) mass is 326 g/mol. The van der Waals surface area contributed by atoms with E-state index >= 15 is 0 Å². The molecule has 0 heterocycles. The molecular weight excluding hydrogens is 296 g/mol. The molecule has 2 fully saturated rings. The SMILES string of the molecule is O=C(CCC1CCCCC1)NN=C1CCC(c2ccccc2)CC1. The summed E-state index contributed by atoms with van der Waals surface area (Å²) in [6, 6.07) is 10.7. The lowest BCUT2D eigenvalue weighted by Crippen LogP contribution is -2.22. The van der Waals surface area contributed by atoms with Crippen molar-refractivity contribution in [3.63, 3.8) is 0 Å². The van der Waals surface area contributed by atoms with Gasteiger partial charge in [0.05, 0.1) is 0 Å². The third-order valence-corrected chi connectivity index (χ3v) is 5.68. The molecule has 24 heavy (non-hydrogen) atoms. The molecule has 1 N–H and O–H groups in total. The Bertz CT molecular complexity index is 536. The fraction of sp³-hybridized carbons (Fsp3) is 0.619. The van der Waals surface area contributed by atoms with E-state index in [1.165, 1.54) is 37.7 Å². The zero-order valence-electron chi connectivity index (χ0n) is 14.7. The summed E-state index contributed by atoms with van der Waals surface area (Å²) in [7, 11) is 0. The Balaban J connectivity index is 1.37. The highest BCUT2D eigenvalue weighted by atomic mass is 16.2. The van der Waals surface area contributed by atoms with Crippen LogP contribution in [-0.4, -0.2) is 11.6 Å². The molecule has 2 aliphatic rings. The maximum absolute atomic E-state index is 12.0. The third-order valence-electron chi connectivity index (χ3n) is 5.68. The van der Waals surface area contributed by atoms with Crippen molar-refractivity contribution in [3.05, 3.63) is 35.9 Å². The summed E-state index contributed by atoms with van der Waals surface area (Å²) in [4.78, 5) is 12.0. The summed E-state index contributed by atoms with van der Waals surface area (Å²) in [5.74, 6) is 1.50. The Hall–Kier alpha value is -1.64. The first-order valence-electron chi connectivity index (χ1n) is 9.70. The summed E-state index contributed by atoms with van der Waals surface area (Å²) < 4.78 is 0. The van der Waals surface area contributed by atoms with Gasteiger partial charge in [-0.3, -0.25) is 4.79 Å². The minimum absolute atomic E-state index is 0.0956. The Morgan fingerprint density at radius 2 is 1.71 bits per heavy atom. The number of nitrogens with zero attached hydrogens (tertiary/aromatic N) is 1. The minimum Gasteiger partial charge on any atom is -0.273 e. The molecule has 1 aromatic carbocycles. The molecule has 0 unspecified atom stereocenters. The van der Waals surface area contributed by atoms with E-state index in [4.69, 9.17) is 0 Å². The highest BCUT2D eigenvalue weighted by Crippen LogP contribution is 2.31. The summed E-state index contributed by atoms with van der Waals surface area (Å²) >= 11 is 0. The first kappa shape index (κ1) is 17.2. The molecule has 2 aliphatic carbocycles. The standard InChI is InChI=1S/C21H30N2O/c24-21(16-11-17-7-3-1-4-8-17)23-22-20-14-12-19(13-15-20)18-9-5-2-6-10-18/h2,5-6,9-10,17,19H,1,3-4,7-8,11-16H2,(H,23,24). The number of carbonyl (C=O) groups is 1. The zero-order valence-corrected chi connectivity index (χ0v) is 14.7. The van der Waals surface area contributed by atoms with Gasteiger partial charge >= 0.3 is 0 Å². The van der Waals surface area contributed by atoms with Crippen molar-refractivity contribution in [3.8, 4) is 0 Å². The molecule has 0 aliphatic heterocycles. The first-order valence-corrected chi connectivity index (χ1v) is 9.70. The predicted octanol–water partition coefficient (Wildman–Crippen LogP) is 5.18. The number of benzene rings is 1. The van der Waals surface area contributed by atoms with E-state index in [1.54, 1.807) is 0 Å². The van der Waals surface area contributed by atoms with Gasteiger partial charge in [-0.2, -0.15) is 5.10 Å². The number of hydrogen-bond donors (Lipinski definition) is 1. The van der Waals surface area contributed by atoms with Crippen LogP contribution >= 0.6 is 0 Å². The highest BCUT2D eigenvalue weighted by Gasteiger charge is 2.19. The van der Waals surface area contributed by atoms with Gasteiger partial charge < -0.3 is 0 Å². The first-order chi connectivity index (χ1) is 11.8. The second-order valence-corrected chi connectivity index (χ2v) is 7.44. The fourth-order valence-corrected chi connectivity index (χ4v) is 4.13. The number of hydrogen-bond acceptors (Lipinski definition) is 2. The van der Waals surface area contributed by atoms with E-state index in [-0.39, 0.29) is 5.91 Å². The smallest absolute Gasteiger partial charge is 0.240 e. The van der Waals surface area contributed by atoms with Crippen molar-refractivity contribution in [2.45, 2.75) is 76.5 Å². The van der Waals surface area contributed by atoms with Crippen LogP contribution in [0.1, 0.15) is 82.1 Å². The molecule has 3 rings (SSSR count). The van der Waals surface area contributed by atoms with Crippen molar-refractivity contribution >= 4 is 11.6 Å². The summed E-state index contributed by atoms with van der Waals surface area (Å²) in [5.41, 5.74) is 5.39. The molecule has 0 radical (unpaired) electrons. The number of carbonyl (C=O) groups excluding carboxylic acids is 1. The van der Waals surface area contributed by atoms with E-state index in [2.05, 4.69) is 40.9 Å². The molecule has 0 spiro atoms. The Kier molecular flexibility index (Phi) is 6.45. The molecule has 3 nitrogen and oxygen atoms in total. The van der Waals surface area contributed by atoms with Gasteiger partial charge in [-0.1, -0.05) is 62.4 Å². The lowest BCUT2D eigenvalue weighted by atomic mass is 9.83. The van der Waals surface area contributed by atoms with E-state index < -0.39 is 0 Å². The molecule has 130 valence electrons. The van der Waals surface area contributed by atoms with Crippen LogP contribution in [0.15, 0.2) is 35.4 Å². The topological polar surface area (TPSA) is 41.5 Å². The van der Waals surface area contributed by atoms with Crippen LogP contribution in [-0.2, 0) is 4.79 Å². The summed E-state index contributed by atoms with van der Waals surface area (Å²) in [6.45, 7) is 0. The quantitative estimate of drug-likeness (QED) is 0.744. The second kappa shape index (κ2) is 9.00. The Labute approximate surface area is 145 Å². The normalized spacial score (nSPS) is 22.2. The fourth-order valence-electron chi connectivity index (χ4n) is 4.13. The van der Waals surface area contributed by atoms with Crippen molar-refractivity contribution in [2.75, 3.05) is 0 Å². The molecule has 2 saturated carbocycles. The van der Waals surface area contributed by atoms with Crippen molar-refractivity contribution in [1.29, 1.82) is 0 Å². The van der Waals surface area contributed by atoms with Gasteiger partial charge in [0.2, 0.25) is 5.91 Å². The van der Waals surface area contributed by atoms with Gasteiger partial charge in [-0.15, -0.1) is 0 Å². The van der Waals surface area contributed by atoms with Gasteiger partial charge in [0, 0.05) is 12.1 Å². The van der Waals surface area contributed by atoms with Crippen LogP contribution in [0.25, 0.3) is 0 Å². The lowest BCUT2D eigenvalue weighted by molar-refractivity contribution is -0.121. The van der Waals surface area contributed by atoms with E-state index in [1.807, 2.05) is 0 Å². The van der Waals surface area contributed by atoms with Gasteiger partial charge in [-0.05, 0) is 49.5 Å². The number of amides is 1. The van der Waals surface area contributed by atoms with E-state index in [0.29, 0.717) is 12.3 Å². The largest absolute Gasteiger partial charge is 0.273 e. The number of hydrazone groups is 1. The molecule has 0 saturated heterocycles. The Morgan fingerprint density at radius 1 is 1.00 bits per heavy atom. The van der Waals surface area contributed by atoms with Gasteiger partial charge in [0.15, 0.2) is 0 Å². The van der Waals surface area contributed by atoms with Gasteiger partial charge in [0.25, 0.3) is 0 Å². The second-order valence-electron chi connectivity index (χ2n) is 7.44. The predicted molar refractivity (Wildman–Crippen MR) is 99.0 cm³/mol.